The molecule has 0 N–H and O–H groups in total. The predicted molar refractivity (Wildman–Crippen MR) is 116 cm³/mol. The zero-order valence-electron chi connectivity index (χ0n) is 17.4. The van der Waals surface area contributed by atoms with E-state index in [1.54, 1.807) is 7.11 Å². The second kappa shape index (κ2) is 11.9. The molecule has 1 atom stereocenters. The van der Waals surface area contributed by atoms with Crippen LogP contribution in [0.25, 0.3) is 0 Å². The van der Waals surface area contributed by atoms with Crippen molar-refractivity contribution in [1.82, 2.24) is 9.47 Å². The number of aromatic nitrogens is 1. The molecule has 1 aromatic carbocycles. The Kier molecular flexibility index (Phi) is 9.59. The van der Waals surface area contributed by atoms with E-state index in [9.17, 15) is 4.79 Å². The number of halogens is 1. The Hall–Kier alpha value is -1.78. The maximum Gasteiger partial charge on any atom is 0.226 e. The minimum absolute atomic E-state index is 0.0909. The van der Waals surface area contributed by atoms with Crippen LogP contribution < -0.4 is 0 Å². The molecule has 1 aromatic heterocycles. The molecule has 1 amide bonds. The molecular weight excluding hydrogens is 372 g/mol. The lowest BCUT2D eigenvalue weighted by Crippen LogP contribution is -2.38. The molecule has 0 aliphatic heterocycles. The molecule has 4 nitrogen and oxygen atoms in total. The first-order valence-corrected chi connectivity index (χ1v) is 10.6. The lowest BCUT2D eigenvalue weighted by atomic mass is 9.97. The van der Waals surface area contributed by atoms with Gasteiger partial charge in [-0.15, -0.1) is 0 Å². The molecule has 1 unspecified atom stereocenters. The van der Waals surface area contributed by atoms with Crippen molar-refractivity contribution in [3.05, 3.63) is 58.9 Å². The summed E-state index contributed by atoms with van der Waals surface area (Å²) in [5, 5.41) is 0.741. The van der Waals surface area contributed by atoms with Crippen molar-refractivity contribution in [3.8, 4) is 0 Å². The molecule has 154 valence electrons. The number of carbonyl (C=O) groups excluding carboxylic acids is 1. The van der Waals surface area contributed by atoms with Crippen LogP contribution in [0.15, 0.2) is 42.6 Å². The summed E-state index contributed by atoms with van der Waals surface area (Å²) in [4.78, 5) is 15.1. The summed E-state index contributed by atoms with van der Waals surface area (Å²) in [5.41, 5.74) is 2.27. The highest BCUT2D eigenvalue weighted by atomic mass is 35.5. The Morgan fingerprint density at radius 1 is 1.25 bits per heavy atom. The molecule has 5 heteroatoms. The van der Waals surface area contributed by atoms with E-state index >= 15 is 0 Å². The molecular formula is C23H33ClN2O2. The van der Waals surface area contributed by atoms with Crippen molar-refractivity contribution >= 4 is 17.5 Å². The third kappa shape index (κ3) is 6.68. The topological polar surface area (TPSA) is 34.5 Å². The molecule has 0 saturated carbocycles. The molecule has 1 heterocycles. The molecule has 0 bridgehead atoms. The van der Waals surface area contributed by atoms with Gasteiger partial charge in [0.2, 0.25) is 5.91 Å². The zero-order valence-corrected chi connectivity index (χ0v) is 18.1. The van der Waals surface area contributed by atoms with Crippen LogP contribution in [0, 0.1) is 5.92 Å². The summed E-state index contributed by atoms with van der Waals surface area (Å²) < 4.78 is 7.45. The van der Waals surface area contributed by atoms with Gasteiger partial charge >= 0.3 is 0 Å². The Labute approximate surface area is 174 Å². The van der Waals surface area contributed by atoms with Gasteiger partial charge in [-0.25, -0.2) is 0 Å². The highest BCUT2D eigenvalue weighted by molar-refractivity contribution is 6.30. The van der Waals surface area contributed by atoms with E-state index in [0.717, 1.165) is 48.5 Å². The number of unbranched alkanes of at least 4 members (excludes halogenated alkanes) is 1. The SMILES string of the molecule is CCCCC(CC)C(=O)N(CCOC)Cc1cccn1Cc1cccc(Cl)c1. The van der Waals surface area contributed by atoms with E-state index in [0.29, 0.717) is 19.7 Å². The van der Waals surface area contributed by atoms with Crippen LogP contribution in [0.4, 0.5) is 0 Å². The molecule has 28 heavy (non-hydrogen) atoms. The van der Waals surface area contributed by atoms with Gasteiger partial charge in [-0.1, -0.05) is 50.4 Å². The van der Waals surface area contributed by atoms with E-state index in [1.165, 1.54) is 0 Å². The van der Waals surface area contributed by atoms with E-state index in [1.807, 2.05) is 29.2 Å². The van der Waals surface area contributed by atoms with Gasteiger partial charge in [-0.2, -0.15) is 0 Å². The van der Waals surface area contributed by atoms with Crippen LogP contribution in [0.1, 0.15) is 50.8 Å². The number of hydrogen-bond acceptors (Lipinski definition) is 2. The zero-order chi connectivity index (χ0) is 20.4. The Morgan fingerprint density at radius 2 is 2.07 bits per heavy atom. The van der Waals surface area contributed by atoms with Crippen molar-refractivity contribution in [2.75, 3.05) is 20.3 Å². The number of benzene rings is 1. The minimum atomic E-state index is 0.0909. The maximum atomic E-state index is 13.2. The van der Waals surface area contributed by atoms with Crippen molar-refractivity contribution in [1.29, 1.82) is 0 Å². The first kappa shape index (κ1) is 22.5. The number of methoxy groups -OCH3 is 1. The first-order chi connectivity index (χ1) is 13.6. The standard InChI is InChI=1S/C23H33ClN2O2/c1-4-6-10-20(5-2)23(27)26(14-15-28-3)18-22-12-8-13-25(22)17-19-9-7-11-21(24)16-19/h7-9,11-13,16,20H,4-6,10,14-15,17-18H2,1-3H3. The number of ether oxygens (including phenoxy) is 1. The average Bonchev–Trinajstić information content (AvgIpc) is 3.12. The lowest BCUT2D eigenvalue weighted by molar-refractivity contribution is -0.137. The monoisotopic (exact) mass is 404 g/mol. The number of amides is 1. The third-order valence-electron chi connectivity index (χ3n) is 5.14. The van der Waals surface area contributed by atoms with Crippen LogP contribution in [0.3, 0.4) is 0 Å². The first-order valence-electron chi connectivity index (χ1n) is 10.2. The van der Waals surface area contributed by atoms with Gasteiger partial charge in [0.1, 0.15) is 0 Å². The number of nitrogens with zero attached hydrogens (tertiary/aromatic N) is 2. The van der Waals surface area contributed by atoms with Gasteiger partial charge in [0.05, 0.1) is 13.2 Å². The maximum absolute atomic E-state index is 13.2. The fourth-order valence-electron chi connectivity index (χ4n) is 3.45. The number of rotatable bonds is 12. The molecule has 0 saturated heterocycles. The Bertz CT molecular complexity index is 729. The number of hydrogen-bond donors (Lipinski definition) is 0. The molecule has 0 fully saturated rings. The van der Waals surface area contributed by atoms with Crippen LogP contribution >= 0.6 is 11.6 Å². The molecule has 0 radical (unpaired) electrons. The van der Waals surface area contributed by atoms with E-state index in [2.05, 4.69) is 36.7 Å². The lowest BCUT2D eigenvalue weighted by Gasteiger charge is -2.27. The van der Waals surface area contributed by atoms with E-state index in [-0.39, 0.29) is 11.8 Å². The summed E-state index contributed by atoms with van der Waals surface area (Å²) in [6, 6.07) is 12.0. The highest BCUT2D eigenvalue weighted by Crippen LogP contribution is 2.19. The van der Waals surface area contributed by atoms with E-state index in [4.69, 9.17) is 16.3 Å². The molecule has 0 spiro atoms. The van der Waals surface area contributed by atoms with Gasteiger partial charge in [0.25, 0.3) is 0 Å². The van der Waals surface area contributed by atoms with Gasteiger partial charge < -0.3 is 14.2 Å². The molecule has 2 rings (SSSR count). The summed E-state index contributed by atoms with van der Waals surface area (Å²) >= 11 is 6.12. The quantitative estimate of drug-likeness (QED) is 0.475. The molecule has 2 aromatic rings. The highest BCUT2D eigenvalue weighted by Gasteiger charge is 2.23. The second-order valence-corrected chi connectivity index (χ2v) is 7.69. The van der Waals surface area contributed by atoms with Gasteiger partial charge in [0.15, 0.2) is 0 Å². The minimum Gasteiger partial charge on any atom is -0.383 e. The smallest absolute Gasteiger partial charge is 0.226 e. The summed E-state index contributed by atoms with van der Waals surface area (Å²) in [6.07, 6.45) is 6.10. The molecule has 0 aliphatic rings. The van der Waals surface area contributed by atoms with Crippen molar-refractivity contribution < 1.29 is 9.53 Å². The van der Waals surface area contributed by atoms with Gasteiger partial charge in [-0.3, -0.25) is 4.79 Å². The summed E-state index contributed by atoms with van der Waals surface area (Å²) in [6.45, 7) is 6.77. The van der Waals surface area contributed by atoms with Gasteiger partial charge in [-0.05, 0) is 42.7 Å². The molecule has 0 aliphatic carbocycles. The Morgan fingerprint density at radius 3 is 2.75 bits per heavy atom. The van der Waals surface area contributed by atoms with Crippen molar-refractivity contribution in [2.24, 2.45) is 5.92 Å². The van der Waals surface area contributed by atoms with Gasteiger partial charge in [0, 0.05) is 43.0 Å². The predicted octanol–water partition coefficient (Wildman–Crippen LogP) is 5.38. The van der Waals surface area contributed by atoms with Crippen LogP contribution in [-0.4, -0.2) is 35.6 Å². The fraction of sp³-hybridized carbons (Fsp3) is 0.522. The average molecular weight is 405 g/mol. The van der Waals surface area contributed by atoms with Crippen molar-refractivity contribution in [2.45, 2.75) is 52.6 Å². The van der Waals surface area contributed by atoms with Crippen molar-refractivity contribution in [3.63, 3.8) is 0 Å². The van der Waals surface area contributed by atoms with E-state index < -0.39 is 0 Å². The largest absolute Gasteiger partial charge is 0.383 e. The number of carbonyl (C=O) groups is 1. The fourth-order valence-corrected chi connectivity index (χ4v) is 3.67. The Balaban J connectivity index is 2.13. The normalized spacial score (nSPS) is 12.1. The van der Waals surface area contributed by atoms with Crippen LogP contribution in [0.5, 0.6) is 0 Å². The summed E-state index contributed by atoms with van der Waals surface area (Å²) in [7, 11) is 1.68. The van der Waals surface area contributed by atoms with Crippen LogP contribution in [0.2, 0.25) is 5.02 Å². The van der Waals surface area contributed by atoms with Crippen LogP contribution in [-0.2, 0) is 22.6 Å². The third-order valence-corrected chi connectivity index (χ3v) is 5.38. The summed E-state index contributed by atoms with van der Waals surface area (Å²) in [5.74, 6) is 0.330. The second-order valence-electron chi connectivity index (χ2n) is 7.26.